The summed E-state index contributed by atoms with van der Waals surface area (Å²) in [6.45, 7) is 8.24. The van der Waals surface area contributed by atoms with Crippen molar-refractivity contribution in [3.63, 3.8) is 0 Å². The number of nitrogens with zero attached hydrogens (tertiary/aromatic N) is 3. The molecular formula is C22H39N3O. The second kappa shape index (κ2) is 8.18. The minimum Gasteiger partial charge on any atom is -0.343 e. The van der Waals surface area contributed by atoms with Gasteiger partial charge in [0.2, 0.25) is 5.91 Å². The lowest BCUT2D eigenvalue weighted by Crippen LogP contribution is -2.63. The van der Waals surface area contributed by atoms with Gasteiger partial charge in [0, 0.05) is 38.1 Å². The van der Waals surface area contributed by atoms with Crippen LogP contribution >= 0.6 is 0 Å². The third-order valence-corrected chi connectivity index (χ3v) is 7.96. The van der Waals surface area contributed by atoms with Gasteiger partial charge in [0.1, 0.15) is 0 Å². The van der Waals surface area contributed by atoms with Gasteiger partial charge in [0.25, 0.3) is 0 Å². The van der Waals surface area contributed by atoms with Crippen LogP contribution in [0.1, 0.15) is 64.7 Å². The van der Waals surface area contributed by atoms with Crippen LogP contribution in [0.2, 0.25) is 0 Å². The molecule has 4 atom stereocenters. The number of carbonyl (C=O) groups is 1. The monoisotopic (exact) mass is 361 g/mol. The maximum atomic E-state index is 12.6. The fraction of sp³-hybridized carbons (Fsp3) is 0.955. The fourth-order valence-electron chi connectivity index (χ4n) is 6.52. The normalized spacial score (nSPS) is 36.8. The molecule has 4 nitrogen and oxygen atoms in total. The molecule has 148 valence electrons. The highest BCUT2D eigenvalue weighted by Gasteiger charge is 2.47. The third-order valence-electron chi connectivity index (χ3n) is 7.96. The van der Waals surface area contributed by atoms with Gasteiger partial charge in [0.15, 0.2) is 0 Å². The highest BCUT2D eigenvalue weighted by molar-refractivity contribution is 5.76. The lowest BCUT2D eigenvalue weighted by atomic mass is 9.69. The molecule has 0 aromatic heterocycles. The van der Waals surface area contributed by atoms with Crippen LogP contribution in [-0.4, -0.2) is 72.5 Å². The zero-order chi connectivity index (χ0) is 18.1. The number of likely N-dealkylation sites (tertiary alicyclic amines) is 2. The Hall–Kier alpha value is -0.610. The molecule has 26 heavy (non-hydrogen) atoms. The van der Waals surface area contributed by atoms with Crippen LogP contribution in [-0.2, 0) is 4.79 Å². The molecule has 4 aliphatic heterocycles. The first-order valence-corrected chi connectivity index (χ1v) is 11.4. The van der Waals surface area contributed by atoms with Crippen molar-refractivity contribution < 1.29 is 4.79 Å². The summed E-state index contributed by atoms with van der Waals surface area (Å²) in [5.41, 5.74) is 0. The summed E-state index contributed by atoms with van der Waals surface area (Å²) in [4.78, 5) is 20.2. The van der Waals surface area contributed by atoms with E-state index in [0.29, 0.717) is 11.9 Å². The van der Waals surface area contributed by atoms with Crippen molar-refractivity contribution in [1.82, 2.24) is 14.7 Å². The van der Waals surface area contributed by atoms with Crippen molar-refractivity contribution in [2.24, 2.45) is 17.8 Å². The zero-order valence-corrected chi connectivity index (χ0v) is 17.0. The maximum absolute atomic E-state index is 12.6. The predicted octanol–water partition coefficient (Wildman–Crippen LogP) is 3.22. The number of amides is 1. The van der Waals surface area contributed by atoms with Crippen LogP contribution in [0.15, 0.2) is 0 Å². The molecule has 4 fully saturated rings. The SMILES string of the molecule is CC1CCN(C(=O)CCC[C@@H]2[C@H]3CCCN4CCC[C@@H](CN2C)[C@@H]34)CC1. The minimum atomic E-state index is 0.413. The van der Waals surface area contributed by atoms with E-state index in [9.17, 15) is 4.79 Å². The molecule has 0 spiro atoms. The van der Waals surface area contributed by atoms with E-state index in [0.717, 1.165) is 49.7 Å². The van der Waals surface area contributed by atoms with Gasteiger partial charge in [-0.05, 0) is 89.3 Å². The third kappa shape index (κ3) is 3.82. The second-order valence-corrected chi connectivity index (χ2v) is 9.70. The molecule has 4 aliphatic rings. The quantitative estimate of drug-likeness (QED) is 0.769. The van der Waals surface area contributed by atoms with Gasteiger partial charge in [-0.2, -0.15) is 0 Å². The largest absolute Gasteiger partial charge is 0.343 e. The first kappa shape index (κ1) is 18.7. The van der Waals surface area contributed by atoms with E-state index in [-0.39, 0.29) is 0 Å². The van der Waals surface area contributed by atoms with Crippen molar-refractivity contribution in [2.45, 2.75) is 76.8 Å². The fourth-order valence-corrected chi connectivity index (χ4v) is 6.52. The standard InChI is InChI=1S/C22H39N3O/c1-17-10-14-24(15-11-17)21(26)9-3-8-20-19-7-5-13-25-12-4-6-18(22(19)25)16-23(20)2/h17-20,22H,3-16H2,1-2H3/t18-,19+,20+,22-/m0/s1. The molecule has 4 saturated heterocycles. The number of piperidine rings is 4. The Bertz CT molecular complexity index is 486. The van der Waals surface area contributed by atoms with E-state index in [2.05, 4.69) is 28.7 Å². The maximum Gasteiger partial charge on any atom is 0.222 e. The zero-order valence-electron chi connectivity index (χ0n) is 17.0. The minimum absolute atomic E-state index is 0.413. The van der Waals surface area contributed by atoms with E-state index in [1.807, 2.05) is 0 Å². The van der Waals surface area contributed by atoms with Crippen LogP contribution < -0.4 is 0 Å². The Labute approximate surface area is 160 Å². The molecule has 1 amide bonds. The van der Waals surface area contributed by atoms with Gasteiger partial charge in [-0.25, -0.2) is 0 Å². The average Bonchev–Trinajstić information content (AvgIpc) is 2.65. The van der Waals surface area contributed by atoms with Crippen LogP contribution in [0.5, 0.6) is 0 Å². The summed E-state index contributed by atoms with van der Waals surface area (Å²) in [5.74, 6) is 2.95. The Morgan fingerprint density at radius 3 is 2.50 bits per heavy atom. The molecule has 0 aliphatic carbocycles. The number of hydrogen-bond donors (Lipinski definition) is 0. The van der Waals surface area contributed by atoms with Crippen molar-refractivity contribution >= 4 is 5.91 Å². The summed E-state index contributed by atoms with van der Waals surface area (Å²) in [5, 5.41) is 0. The van der Waals surface area contributed by atoms with Crippen LogP contribution in [0, 0.1) is 17.8 Å². The summed E-state index contributed by atoms with van der Waals surface area (Å²) in [7, 11) is 2.35. The smallest absolute Gasteiger partial charge is 0.222 e. The van der Waals surface area contributed by atoms with Gasteiger partial charge >= 0.3 is 0 Å². The first-order chi connectivity index (χ1) is 12.6. The van der Waals surface area contributed by atoms with Gasteiger partial charge < -0.3 is 9.80 Å². The molecule has 4 heterocycles. The van der Waals surface area contributed by atoms with Crippen molar-refractivity contribution in [3.8, 4) is 0 Å². The van der Waals surface area contributed by atoms with Gasteiger partial charge in [-0.3, -0.25) is 9.69 Å². The van der Waals surface area contributed by atoms with E-state index in [4.69, 9.17) is 0 Å². The van der Waals surface area contributed by atoms with Crippen LogP contribution in [0.4, 0.5) is 0 Å². The summed E-state index contributed by atoms with van der Waals surface area (Å²) < 4.78 is 0. The summed E-state index contributed by atoms with van der Waals surface area (Å²) >= 11 is 0. The predicted molar refractivity (Wildman–Crippen MR) is 106 cm³/mol. The highest BCUT2D eigenvalue weighted by atomic mass is 16.2. The highest BCUT2D eigenvalue weighted by Crippen LogP contribution is 2.42. The Morgan fingerprint density at radius 2 is 1.73 bits per heavy atom. The van der Waals surface area contributed by atoms with E-state index in [1.54, 1.807) is 0 Å². The lowest BCUT2D eigenvalue weighted by Gasteiger charge is -2.57. The van der Waals surface area contributed by atoms with Crippen molar-refractivity contribution in [2.75, 3.05) is 39.8 Å². The molecule has 0 aromatic carbocycles. The number of carbonyl (C=O) groups excluding carboxylic acids is 1. The molecular weight excluding hydrogens is 322 g/mol. The topological polar surface area (TPSA) is 26.8 Å². The number of rotatable bonds is 4. The Morgan fingerprint density at radius 1 is 1.00 bits per heavy atom. The van der Waals surface area contributed by atoms with E-state index in [1.165, 1.54) is 64.6 Å². The Balaban J connectivity index is 1.30. The number of hydrogen-bond acceptors (Lipinski definition) is 3. The summed E-state index contributed by atoms with van der Waals surface area (Å²) in [6, 6.07) is 1.55. The molecule has 0 aromatic rings. The molecule has 0 unspecified atom stereocenters. The molecule has 4 rings (SSSR count). The Kier molecular flexibility index (Phi) is 5.90. The van der Waals surface area contributed by atoms with Gasteiger partial charge in [0.05, 0.1) is 0 Å². The lowest BCUT2D eigenvalue weighted by molar-refractivity contribution is -0.132. The van der Waals surface area contributed by atoms with Gasteiger partial charge in [-0.1, -0.05) is 6.92 Å². The van der Waals surface area contributed by atoms with Crippen LogP contribution in [0.25, 0.3) is 0 Å². The summed E-state index contributed by atoms with van der Waals surface area (Å²) in [6.07, 6.45) is 11.1. The molecule has 4 heteroatoms. The molecule has 0 N–H and O–H groups in total. The second-order valence-electron chi connectivity index (χ2n) is 9.70. The molecule has 0 bridgehead atoms. The van der Waals surface area contributed by atoms with Gasteiger partial charge in [-0.15, -0.1) is 0 Å². The van der Waals surface area contributed by atoms with E-state index < -0.39 is 0 Å². The van der Waals surface area contributed by atoms with Crippen molar-refractivity contribution in [3.05, 3.63) is 0 Å². The first-order valence-electron chi connectivity index (χ1n) is 11.4. The van der Waals surface area contributed by atoms with Crippen molar-refractivity contribution in [1.29, 1.82) is 0 Å². The molecule has 0 radical (unpaired) electrons. The molecule has 0 saturated carbocycles. The van der Waals surface area contributed by atoms with E-state index >= 15 is 0 Å². The van der Waals surface area contributed by atoms with Crippen LogP contribution in [0.3, 0.4) is 0 Å². The average molecular weight is 362 g/mol.